The molecule has 2 rings (SSSR count). The summed E-state index contributed by atoms with van der Waals surface area (Å²) in [5.41, 5.74) is 1.16. The highest BCUT2D eigenvalue weighted by Crippen LogP contribution is 2.25. The molecule has 0 saturated carbocycles. The Morgan fingerprint density at radius 1 is 1.04 bits per heavy atom. The van der Waals surface area contributed by atoms with Crippen LogP contribution in [-0.4, -0.2) is 32.7 Å². The second-order valence-electron chi connectivity index (χ2n) is 6.17. The van der Waals surface area contributed by atoms with E-state index in [2.05, 4.69) is 19.2 Å². The van der Waals surface area contributed by atoms with Gasteiger partial charge in [0.15, 0.2) is 5.76 Å². The highest BCUT2D eigenvalue weighted by atomic mass is 16.5. The zero-order valence-corrected chi connectivity index (χ0v) is 15.0. The number of benzene rings is 1. The summed E-state index contributed by atoms with van der Waals surface area (Å²) in [7, 11) is 2.59. The van der Waals surface area contributed by atoms with Crippen LogP contribution < -0.4 is 5.32 Å². The second-order valence-corrected chi connectivity index (χ2v) is 6.17. The lowest BCUT2D eigenvalue weighted by molar-refractivity contribution is -0.676. The molecule has 1 heterocycles. The number of quaternary nitrogens is 1. The van der Waals surface area contributed by atoms with E-state index in [9.17, 15) is 9.59 Å². The minimum Gasteiger partial charge on any atom is -0.465 e. The quantitative estimate of drug-likeness (QED) is 0.778. The van der Waals surface area contributed by atoms with Gasteiger partial charge in [0.25, 0.3) is 0 Å². The Morgan fingerprint density at radius 3 is 2.16 bits per heavy atom. The van der Waals surface area contributed by atoms with Gasteiger partial charge in [-0.2, -0.15) is 0 Å². The van der Waals surface area contributed by atoms with E-state index in [0.29, 0.717) is 17.2 Å². The topological polar surface area (TPSA) is 82.4 Å². The van der Waals surface area contributed by atoms with Gasteiger partial charge in [-0.3, -0.25) is 0 Å². The van der Waals surface area contributed by atoms with Crippen LogP contribution in [0.5, 0.6) is 0 Å². The lowest BCUT2D eigenvalue weighted by Crippen LogP contribution is -2.83. The number of hydrogen-bond donors (Lipinski definition) is 1. The van der Waals surface area contributed by atoms with Crippen molar-refractivity contribution in [3.8, 4) is 11.3 Å². The molecule has 0 atom stereocenters. The molecule has 2 N–H and O–H groups in total. The lowest BCUT2D eigenvalue weighted by Gasteiger charge is -2.06. The zero-order valence-electron chi connectivity index (χ0n) is 15.0. The summed E-state index contributed by atoms with van der Waals surface area (Å²) in [6, 6.07) is 8.45. The van der Waals surface area contributed by atoms with E-state index in [1.807, 2.05) is 12.1 Å². The van der Waals surface area contributed by atoms with Gasteiger partial charge in [0.05, 0.1) is 31.9 Å². The van der Waals surface area contributed by atoms with Crippen LogP contribution in [0.2, 0.25) is 0 Å². The Morgan fingerprint density at radius 2 is 1.64 bits per heavy atom. The van der Waals surface area contributed by atoms with Gasteiger partial charge >= 0.3 is 11.9 Å². The minimum absolute atomic E-state index is 0.268. The predicted molar refractivity (Wildman–Crippen MR) is 92.2 cm³/mol. The van der Waals surface area contributed by atoms with E-state index in [-0.39, 0.29) is 11.1 Å². The molecule has 0 aliphatic rings. The summed E-state index contributed by atoms with van der Waals surface area (Å²) in [6.45, 7) is 6.08. The van der Waals surface area contributed by atoms with Crippen LogP contribution in [0.15, 0.2) is 34.7 Å². The van der Waals surface area contributed by atoms with Gasteiger partial charge in [-0.15, -0.1) is 0 Å². The first-order valence-corrected chi connectivity index (χ1v) is 8.17. The molecule has 6 nitrogen and oxygen atoms in total. The fraction of sp³-hybridized carbons (Fsp3) is 0.368. The normalized spacial score (nSPS) is 10.8. The predicted octanol–water partition coefficient (Wildman–Crippen LogP) is 2.24. The second kappa shape index (κ2) is 8.48. The maximum absolute atomic E-state index is 11.9. The summed E-state index contributed by atoms with van der Waals surface area (Å²) in [6.07, 6.45) is 0. The summed E-state index contributed by atoms with van der Waals surface area (Å²) in [5, 5.41) is 2.18. The fourth-order valence-electron chi connectivity index (χ4n) is 2.44. The standard InChI is InChI=1S/C19H23NO5/c1-12(2)10-20-11-16-5-6-17(25-16)13-7-14(18(21)23-3)9-15(8-13)19(22)24-4/h5-9,12,20H,10-11H2,1-4H3/p+1. The van der Waals surface area contributed by atoms with Crippen LogP contribution in [0.25, 0.3) is 11.3 Å². The first-order chi connectivity index (χ1) is 11.9. The number of ether oxygens (including phenoxy) is 2. The van der Waals surface area contributed by atoms with Crippen molar-refractivity contribution in [3.05, 3.63) is 47.2 Å². The maximum Gasteiger partial charge on any atom is 0.337 e. The highest BCUT2D eigenvalue weighted by molar-refractivity contribution is 5.97. The van der Waals surface area contributed by atoms with Crippen LogP contribution in [0.3, 0.4) is 0 Å². The Bertz CT molecular complexity index is 714. The Labute approximate surface area is 147 Å². The number of esters is 2. The summed E-state index contributed by atoms with van der Waals surface area (Å²) >= 11 is 0. The van der Waals surface area contributed by atoms with E-state index in [0.717, 1.165) is 18.8 Å². The molecular weight excluding hydrogens is 322 g/mol. The highest BCUT2D eigenvalue weighted by Gasteiger charge is 2.16. The van der Waals surface area contributed by atoms with Crippen LogP contribution in [0, 0.1) is 5.92 Å². The Balaban J connectivity index is 2.29. The largest absolute Gasteiger partial charge is 0.465 e. The Kier molecular flexibility index (Phi) is 6.36. The van der Waals surface area contributed by atoms with E-state index in [1.165, 1.54) is 20.3 Å². The van der Waals surface area contributed by atoms with Gasteiger partial charge < -0.3 is 19.2 Å². The van der Waals surface area contributed by atoms with Crippen molar-refractivity contribution in [2.45, 2.75) is 20.4 Å². The number of rotatable bonds is 7. The van der Waals surface area contributed by atoms with Gasteiger partial charge in [0, 0.05) is 11.5 Å². The third-order valence-corrected chi connectivity index (χ3v) is 3.70. The third-order valence-electron chi connectivity index (χ3n) is 3.70. The van der Waals surface area contributed by atoms with Crippen LogP contribution in [0.4, 0.5) is 0 Å². The number of methoxy groups -OCH3 is 2. The molecule has 0 aliphatic carbocycles. The molecule has 1 aromatic heterocycles. The molecule has 0 unspecified atom stereocenters. The maximum atomic E-state index is 11.9. The van der Waals surface area contributed by atoms with Gasteiger partial charge in [-0.05, 0) is 30.3 Å². The molecule has 0 spiro atoms. The average Bonchev–Trinajstić information content (AvgIpc) is 3.08. The monoisotopic (exact) mass is 346 g/mol. The van der Waals surface area contributed by atoms with Crippen molar-refractivity contribution >= 4 is 11.9 Å². The van der Waals surface area contributed by atoms with Crippen LogP contribution in [0.1, 0.15) is 40.3 Å². The molecular formula is C19H24NO5+. The molecule has 0 aliphatic heterocycles. The van der Waals surface area contributed by atoms with Gasteiger partial charge in [0.1, 0.15) is 12.3 Å². The molecule has 0 radical (unpaired) electrons. The fourth-order valence-corrected chi connectivity index (χ4v) is 2.44. The van der Waals surface area contributed by atoms with Crippen molar-refractivity contribution < 1.29 is 28.8 Å². The number of carbonyl (C=O) groups excluding carboxylic acids is 2. The molecule has 1 aromatic carbocycles. The third kappa shape index (κ3) is 4.93. The SMILES string of the molecule is COC(=O)c1cc(C(=O)OC)cc(-c2ccc(C[NH2+]CC(C)C)o2)c1. The molecule has 0 saturated heterocycles. The van der Waals surface area contributed by atoms with Crippen molar-refractivity contribution in [3.63, 3.8) is 0 Å². The minimum atomic E-state index is -0.524. The number of nitrogens with two attached hydrogens (primary N) is 1. The number of furan rings is 1. The van der Waals surface area contributed by atoms with E-state index < -0.39 is 11.9 Å². The molecule has 2 aromatic rings. The average molecular weight is 346 g/mol. The first kappa shape index (κ1) is 18.7. The first-order valence-electron chi connectivity index (χ1n) is 8.17. The van der Waals surface area contributed by atoms with E-state index >= 15 is 0 Å². The zero-order chi connectivity index (χ0) is 18.4. The molecule has 0 fully saturated rings. The van der Waals surface area contributed by atoms with E-state index in [4.69, 9.17) is 13.9 Å². The molecule has 0 amide bonds. The Hall–Kier alpha value is -2.60. The smallest absolute Gasteiger partial charge is 0.337 e. The lowest BCUT2D eigenvalue weighted by atomic mass is 10.0. The van der Waals surface area contributed by atoms with Crippen molar-refractivity contribution in [2.75, 3.05) is 20.8 Å². The van der Waals surface area contributed by atoms with Crippen LogP contribution >= 0.6 is 0 Å². The summed E-state index contributed by atoms with van der Waals surface area (Å²) in [5.74, 6) is 0.976. The van der Waals surface area contributed by atoms with Crippen molar-refractivity contribution in [2.24, 2.45) is 5.92 Å². The number of carbonyl (C=O) groups is 2. The van der Waals surface area contributed by atoms with Crippen LogP contribution in [-0.2, 0) is 16.0 Å². The number of hydrogen-bond acceptors (Lipinski definition) is 5. The van der Waals surface area contributed by atoms with Gasteiger partial charge in [-0.1, -0.05) is 13.8 Å². The van der Waals surface area contributed by atoms with Gasteiger partial charge in [-0.25, -0.2) is 9.59 Å². The summed E-state index contributed by atoms with van der Waals surface area (Å²) < 4.78 is 15.4. The molecule has 6 heteroatoms. The molecule has 0 bridgehead atoms. The molecule has 134 valence electrons. The van der Waals surface area contributed by atoms with Crippen molar-refractivity contribution in [1.82, 2.24) is 0 Å². The van der Waals surface area contributed by atoms with Gasteiger partial charge in [0.2, 0.25) is 0 Å². The van der Waals surface area contributed by atoms with E-state index in [1.54, 1.807) is 12.1 Å². The summed E-state index contributed by atoms with van der Waals surface area (Å²) in [4.78, 5) is 23.7. The molecule has 25 heavy (non-hydrogen) atoms. The van der Waals surface area contributed by atoms with Crippen molar-refractivity contribution in [1.29, 1.82) is 0 Å².